The molecule has 0 spiro atoms. The average molecular weight is 300 g/mol. The number of carbonyl (C=O) groups excluding carboxylic acids is 2. The summed E-state index contributed by atoms with van der Waals surface area (Å²) in [7, 11) is 0. The lowest BCUT2D eigenvalue weighted by atomic mass is 10.1. The molecular weight excluding hydrogens is 285 g/mol. The number of amides is 2. The number of benzene rings is 1. The molecule has 2 N–H and O–H groups in total. The van der Waals surface area contributed by atoms with Crippen molar-refractivity contribution in [3.05, 3.63) is 35.4 Å². The van der Waals surface area contributed by atoms with Crippen LogP contribution in [-0.2, 0) is 22.2 Å². The van der Waals surface area contributed by atoms with Gasteiger partial charge in [0.2, 0.25) is 11.8 Å². The van der Waals surface area contributed by atoms with Crippen LogP contribution < -0.4 is 10.6 Å². The molecule has 0 aliphatic carbocycles. The molecule has 1 saturated heterocycles. The average Bonchev–Trinajstić information content (AvgIpc) is 2.85. The van der Waals surface area contributed by atoms with Gasteiger partial charge in [-0.15, -0.1) is 0 Å². The molecule has 1 fully saturated rings. The first-order valence-electron chi connectivity index (χ1n) is 6.59. The summed E-state index contributed by atoms with van der Waals surface area (Å²) >= 11 is 0. The van der Waals surface area contributed by atoms with Crippen LogP contribution in [0.1, 0.15) is 24.0 Å². The highest BCUT2D eigenvalue weighted by Gasteiger charge is 2.30. The molecule has 0 radical (unpaired) electrons. The van der Waals surface area contributed by atoms with E-state index in [1.807, 2.05) is 0 Å². The van der Waals surface area contributed by atoms with E-state index in [4.69, 9.17) is 0 Å². The summed E-state index contributed by atoms with van der Waals surface area (Å²) in [5, 5.41) is 5.21. The zero-order valence-corrected chi connectivity index (χ0v) is 11.2. The van der Waals surface area contributed by atoms with Crippen molar-refractivity contribution < 1.29 is 22.8 Å². The third-order valence-electron chi connectivity index (χ3n) is 3.31. The molecular formula is C14H15F3N2O2. The smallest absolute Gasteiger partial charge is 0.354 e. The van der Waals surface area contributed by atoms with Crippen LogP contribution in [0.3, 0.4) is 0 Å². The Balaban J connectivity index is 1.78. The van der Waals surface area contributed by atoms with Crippen molar-refractivity contribution in [1.82, 2.24) is 10.6 Å². The van der Waals surface area contributed by atoms with Crippen LogP contribution in [0.2, 0.25) is 0 Å². The summed E-state index contributed by atoms with van der Waals surface area (Å²) < 4.78 is 37.2. The molecule has 21 heavy (non-hydrogen) atoms. The van der Waals surface area contributed by atoms with Crippen molar-refractivity contribution >= 4 is 11.8 Å². The van der Waals surface area contributed by atoms with Crippen LogP contribution in [0.5, 0.6) is 0 Å². The number of rotatable bonds is 4. The van der Waals surface area contributed by atoms with Crippen molar-refractivity contribution in [2.75, 3.05) is 6.54 Å². The molecule has 1 heterocycles. The van der Waals surface area contributed by atoms with Gasteiger partial charge < -0.3 is 10.6 Å². The van der Waals surface area contributed by atoms with E-state index in [2.05, 4.69) is 10.6 Å². The maximum Gasteiger partial charge on any atom is 0.416 e. The van der Waals surface area contributed by atoms with Gasteiger partial charge >= 0.3 is 6.18 Å². The number of carbonyl (C=O) groups is 2. The first-order chi connectivity index (χ1) is 9.86. The Kier molecular flexibility index (Phi) is 4.50. The summed E-state index contributed by atoms with van der Waals surface area (Å²) in [4.78, 5) is 22.7. The number of hydrogen-bond donors (Lipinski definition) is 2. The highest BCUT2D eigenvalue weighted by molar-refractivity contribution is 5.90. The van der Waals surface area contributed by atoms with Gasteiger partial charge in [0.15, 0.2) is 0 Å². The van der Waals surface area contributed by atoms with Gasteiger partial charge in [0, 0.05) is 13.0 Å². The van der Waals surface area contributed by atoms with Crippen LogP contribution >= 0.6 is 0 Å². The minimum Gasteiger partial charge on any atom is -0.354 e. The van der Waals surface area contributed by atoms with Crippen molar-refractivity contribution in [1.29, 1.82) is 0 Å². The van der Waals surface area contributed by atoms with Crippen LogP contribution in [0.15, 0.2) is 24.3 Å². The fourth-order valence-electron chi connectivity index (χ4n) is 2.12. The molecule has 1 atom stereocenters. The predicted octanol–water partition coefficient (Wildman–Crippen LogP) is 1.64. The molecule has 4 nitrogen and oxygen atoms in total. The maximum absolute atomic E-state index is 12.4. The fraction of sp³-hybridized carbons (Fsp3) is 0.429. The normalized spacial score (nSPS) is 18.4. The monoisotopic (exact) mass is 300 g/mol. The van der Waals surface area contributed by atoms with E-state index >= 15 is 0 Å². The van der Waals surface area contributed by atoms with Crippen molar-refractivity contribution in [3.8, 4) is 0 Å². The third-order valence-corrected chi connectivity index (χ3v) is 3.31. The van der Waals surface area contributed by atoms with Crippen LogP contribution in [0.25, 0.3) is 0 Å². The predicted molar refractivity (Wildman–Crippen MR) is 69.3 cm³/mol. The summed E-state index contributed by atoms with van der Waals surface area (Å²) in [5.41, 5.74) is 0.0164. The van der Waals surface area contributed by atoms with Gasteiger partial charge in [-0.3, -0.25) is 9.59 Å². The largest absolute Gasteiger partial charge is 0.416 e. The number of halogens is 3. The molecule has 1 aliphatic heterocycles. The zero-order valence-electron chi connectivity index (χ0n) is 11.2. The SMILES string of the molecule is O=C1CC[C@H](C(=O)NCCc2ccc(C(F)(F)F)cc2)N1. The van der Waals surface area contributed by atoms with Crippen molar-refractivity contribution in [2.45, 2.75) is 31.5 Å². The second-order valence-electron chi connectivity index (χ2n) is 4.89. The number of hydrogen-bond acceptors (Lipinski definition) is 2. The van der Waals surface area contributed by atoms with E-state index in [1.54, 1.807) is 0 Å². The highest BCUT2D eigenvalue weighted by atomic mass is 19.4. The minimum absolute atomic E-state index is 0.141. The minimum atomic E-state index is -4.34. The van der Waals surface area contributed by atoms with Gasteiger partial charge in [-0.2, -0.15) is 13.2 Å². The lowest BCUT2D eigenvalue weighted by molar-refractivity contribution is -0.137. The second-order valence-corrected chi connectivity index (χ2v) is 4.89. The van der Waals surface area contributed by atoms with Crippen LogP contribution in [-0.4, -0.2) is 24.4 Å². The van der Waals surface area contributed by atoms with E-state index < -0.39 is 17.8 Å². The highest BCUT2D eigenvalue weighted by Crippen LogP contribution is 2.29. The van der Waals surface area contributed by atoms with E-state index in [-0.39, 0.29) is 11.8 Å². The molecule has 0 aromatic heterocycles. The zero-order chi connectivity index (χ0) is 15.5. The van der Waals surface area contributed by atoms with Gasteiger partial charge in [-0.05, 0) is 30.5 Å². The summed E-state index contributed by atoms with van der Waals surface area (Å²) in [5.74, 6) is -0.398. The lowest BCUT2D eigenvalue weighted by Crippen LogP contribution is -2.42. The molecule has 1 aromatic carbocycles. The molecule has 114 valence electrons. The molecule has 2 rings (SSSR count). The third kappa shape index (κ3) is 4.21. The van der Waals surface area contributed by atoms with Gasteiger partial charge in [0.05, 0.1) is 5.56 Å². The Labute approximate surface area is 119 Å². The standard InChI is InChI=1S/C14H15F3N2O2/c15-14(16,17)10-3-1-9(2-4-10)7-8-18-13(21)11-5-6-12(20)19-11/h1-4,11H,5-8H2,(H,18,21)(H,19,20)/t11-/m1/s1. The summed E-state index contributed by atoms with van der Waals surface area (Å²) in [6, 6.07) is 4.34. The molecule has 1 aromatic rings. The molecule has 2 amide bonds. The topological polar surface area (TPSA) is 58.2 Å². The quantitative estimate of drug-likeness (QED) is 0.888. The van der Waals surface area contributed by atoms with E-state index in [1.165, 1.54) is 12.1 Å². The molecule has 0 bridgehead atoms. The number of nitrogens with one attached hydrogen (secondary N) is 2. The van der Waals surface area contributed by atoms with Crippen LogP contribution in [0, 0.1) is 0 Å². The van der Waals surface area contributed by atoms with E-state index in [9.17, 15) is 22.8 Å². The first-order valence-corrected chi connectivity index (χ1v) is 6.59. The van der Waals surface area contributed by atoms with Gasteiger partial charge in [0.1, 0.15) is 6.04 Å². The Morgan fingerprint density at radius 1 is 1.29 bits per heavy atom. The van der Waals surface area contributed by atoms with E-state index in [0.717, 1.165) is 12.1 Å². The van der Waals surface area contributed by atoms with Crippen molar-refractivity contribution in [3.63, 3.8) is 0 Å². The second kappa shape index (κ2) is 6.15. The molecule has 0 saturated carbocycles. The molecule has 7 heteroatoms. The van der Waals surface area contributed by atoms with Gasteiger partial charge in [0.25, 0.3) is 0 Å². The molecule has 1 aliphatic rings. The van der Waals surface area contributed by atoms with Crippen molar-refractivity contribution in [2.24, 2.45) is 0 Å². The lowest BCUT2D eigenvalue weighted by Gasteiger charge is -2.11. The summed E-state index contributed by atoms with van der Waals surface area (Å²) in [6.07, 6.45) is -3.08. The first kappa shape index (κ1) is 15.3. The summed E-state index contributed by atoms with van der Waals surface area (Å²) in [6.45, 7) is 0.316. The Morgan fingerprint density at radius 2 is 1.95 bits per heavy atom. The molecule has 0 unspecified atom stereocenters. The maximum atomic E-state index is 12.4. The number of alkyl halides is 3. The van der Waals surface area contributed by atoms with E-state index in [0.29, 0.717) is 31.4 Å². The fourth-order valence-corrected chi connectivity index (χ4v) is 2.12. The van der Waals surface area contributed by atoms with Gasteiger partial charge in [-0.25, -0.2) is 0 Å². The Bertz CT molecular complexity index is 526. The van der Waals surface area contributed by atoms with Crippen LogP contribution in [0.4, 0.5) is 13.2 Å². The Hall–Kier alpha value is -2.05. The Morgan fingerprint density at radius 3 is 2.48 bits per heavy atom. The van der Waals surface area contributed by atoms with Gasteiger partial charge in [-0.1, -0.05) is 12.1 Å².